The molecule has 0 saturated carbocycles. The fourth-order valence-electron chi connectivity index (χ4n) is 1.36. The molecule has 0 fully saturated rings. The van der Waals surface area contributed by atoms with Crippen molar-refractivity contribution in [3.63, 3.8) is 0 Å². The summed E-state index contributed by atoms with van der Waals surface area (Å²) in [6.45, 7) is 15.1. The predicted octanol–water partition coefficient (Wildman–Crippen LogP) is 3.47. The Morgan fingerprint density at radius 3 is 1.69 bits per heavy atom. The van der Waals surface area contributed by atoms with Gasteiger partial charge < -0.3 is 5.11 Å². The zero-order valence-electron chi connectivity index (χ0n) is 10.3. The van der Waals surface area contributed by atoms with Gasteiger partial charge in [0, 0.05) is 0 Å². The quantitative estimate of drug-likeness (QED) is 0.715. The summed E-state index contributed by atoms with van der Waals surface area (Å²) in [5.41, 5.74) is 0.221. The van der Waals surface area contributed by atoms with Gasteiger partial charge in [0.25, 0.3) is 0 Å². The van der Waals surface area contributed by atoms with Crippen LogP contribution in [0.25, 0.3) is 0 Å². The van der Waals surface area contributed by atoms with E-state index in [0.717, 1.165) is 6.42 Å². The van der Waals surface area contributed by atoms with Crippen LogP contribution >= 0.6 is 0 Å². The molecule has 0 aromatic heterocycles. The van der Waals surface area contributed by atoms with E-state index in [1.54, 1.807) is 0 Å². The van der Waals surface area contributed by atoms with Crippen LogP contribution in [-0.4, -0.2) is 11.2 Å². The van der Waals surface area contributed by atoms with Crippen molar-refractivity contribution in [3.05, 3.63) is 0 Å². The minimum absolute atomic E-state index is 0.0344. The highest BCUT2D eigenvalue weighted by atomic mass is 16.3. The van der Waals surface area contributed by atoms with E-state index in [-0.39, 0.29) is 16.9 Å². The van der Waals surface area contributed by atoms with Gasteiger partial charge in [-0.1, -0.05) is 48.5 Å². The van der Waals surface area contributed by atoms with Gasteiger partial charge in [0.15, 0.2) is 0 Å². The van der Waals surface area contributed by atoms with Crippen LogP contribution in [-0.2, 0) is 0 Å². The lowest BCUT2D eigenvalue weighted by Crippen LogP contribution is -2.40. The Morgan fingerprint density at radius 1 is 1.08 bits per heavy atom. The summed E-state index contributed by atoms with van der Waals surface area (Å²) in [6, 6.07) is 0. The van der Waals surface area contributed by atoms with Crippen LogP contribution < -0.4 is 0 Å². The van der Waals surface area contributed by atoms with Crippen molar-refractivity contribution < 1.29 is 5.11 Å². The summed E-state index contributed by atoms with van der Waals surface area (Å²) in [4.78, 5) is 0. The fraction of sp³-hybridized carbons (Fsp3) is 1.00. The third-order valence-corrected chi connectivity index (χ3v) is 3.55. The molecule has 1 nitrogen and oxygen atoms in total. The van der Waals surface area contributed by atoms with E-state index in [1.807, 2.05) is 0 Å². The molecule has 13 heavy (non-hydrogen) atoms. The summed E-state index contributed by atoms with van der Waals surface area (Å²) >= 11 is 0. The minimum atomic E-state index is -0.211. The maximum Gasteiger partial charge on any atom is 0.0621 e. The van der Waals surface area contributed by atoms with Crippen molar-refractivity contribution in [2.24, 2.45) is 16.7 Å². The molecule has 0 spiro atoms. The molecule has 0 amide bonds. The van der Waals surface area contributed by atoms with Crippen LogP contribution in [0.4, 0.5) is 0 Å². The van der Waals surface area contributed by atoms with Crippen molar-refractivity contribution in [2.45, 2.75) is 61.0 Å². The van der Waals surface area contributed by atoms with Crippen molar-refractivity contribution in [3.8, 4) is 0 Å². The Labute approximate surface area is 83.5 Å². The average molecular weight is 186 g/mol. The smallest absolute Gasteiger partial charge is 0.0621 e. The minimum Gasteiger partial charge on any atom is -0.392 e. The Balaban J connectivity index is 4.52. The van der Waals surface area contributed by atoms with Gasteiger partial charge in [0.1, 0.15) is 0 Å². The predicted molar refractivity (Wildman–Crippen MR) is 58.7 cm³/mol. The number of hydrogen-bond donors (Lipinski definition) is 1. The largest absolute Gasteiger partial charge is 0.392 e. The topological polar surface area (TPSA) is 20.2 Å². The van der Waals surface area contributed by atoms with Crippen LogP contribution in [0.1, 0.15) is 54.9 Å². The molecule has 0 heterocycles. The number of aliphatic hydroxyl groups is 1. The molecule has 0 rings (SSSR count). The second-order valence-corrected chi connectivity index (χ2v) is 5.94. The maximum atomic E-state index is 10.2. The zero-order valence-corrected chi connectivity index (χ0v) is 10.3. The molecule has 0 bridgehead atoms. The summed E-state index contributed by atoms with van der Waals surface area (Å²) in [5, 5.41) is 10.2. The van der Waals surface area contributed by atoms with Crippen LogP contribution in [0, 0.1) is 16.7 Å². The molecule has 0 saturated heterocycles. The number of aliphatic hydroxyl groups excluding tert-OH is 1. The van der Waals surface area contributed by atoms with Gasteiger partial charge in [-0.05, 0) is 23.2 Å². The molecule has 0 aromatic carbocycles. The Kier molecular flexibility index (Phi) is 3.98. The van der Waals surface area contributed by atoms with Crippen molar-refractivity contribution in [1.29, 1.82) is 0 Å². The van der Waals surface area contributed by atoms with E-state index in [9.17, 15) is 5.11 Å². The highest BCUT2D eigenvalue weighted by molar-refractivity contribution is 4.85. The Bertz CT molecular complexity index is 153. The molecule has 1 heteroatoms. The van der Waals surface area contributed by atoms with E-state index in [4.69, 9.17) is 0 Å². The molecular weight excluding hydrogens is 160 g/mol. The first kappa shape index (κ1) is 13.0. The third-order valence-electron chi connectivity index (χ3n) is 3.55. The van der Waals surface area contributed by atoms with Crippen LogP contribution in [0.5, 0.6) is 0 Å². The first-order valence-electron chi connectivity index (χ1n) is 5.31. The van der Waals surface area contributed by atoms with Gasteiger partial charge in [-0.15, -0.1) is 0 Å². The Morgan fingerprint density at radius 2 is 1.46 bits per heavy atom. The van der Waals surface area contributed by atoms with Gasteiger partial charge in [0.2, 0.25) is 0 Å². The van der Waals surface area contributed by atoms with E-state index >= 15 is 0 Å². The SMILES string of the molecule is CCC(C)(C)C(O)C(C)C(C)(C)C. The molecule has 2 unspecified atom stereocenters. The van der Waals surface area contributed by atoms with Gasteiger partial charge in [-0.2, -0.15) is 0 Å². The lowest BCUT2D eigenvalue weighted by Gasteiger charge is -2.40. The summed E-state index contributed by atoms with van der Waals surface area (Å²) in [7, 11) is 0. The molecule has 0 aromatic rings. The van der Waals surface area contributed by atoms with Crippen molar-refractivity contribution >= 4 is 0 Å². The first-order chi connectivity index (χ1) is 5.63. The second-order valence-electron chi connectivity index (χ2n) is 5.94. The molecule has 80 valence electrons. The van der Waals surface area contributed by atoms with Crippen molar-refractivity contribution in [1.82, 2.24) is 0 Å². The molecule has 0 aliphatic rings. The molecule has 0 aliphatic carbocycles. The lowest BCUT2D eigenvalue weighted by atomic mass is 9.69. The average Bonchev–Trinajstić information content (AvgIpc) is 2.00. The highest BCUT2D eigenvalue weighted by Gasteiger charge is 2.35. The normalized spacial score (nSPS) is 18.5. The van der Waals surface area contributed by atoms with E-state index in [0.29, 0.717) is 5.92 Å². The van der Waals surface area contributed by atoms with E-state index in [1.165, 1.54) is 0 Å². The molecular formula is C12H26O. The van der Waals surface area contributed by atoms with Gasteiger partial charge >= 0.3 is 0 Å². The molecule has 1 N–H and O–H groups in total. The lowest BCUT2D eigenvalue weighted by molar-refractivity contribution is -0.0325. The van der Waals surface area contributed by atoms with Crippen molar-refractivity contribution in [2.75, 3.05) is 0 Å². The summed E-state index contributed by atoms with van der Waals surface area (Å²) in [5.74, 6) is 0.336. The highest BCUT2D eigenvalue weighted by Crippen LogP contribution is 2.37. The summed E-state index contributed by atoms with van der Waals surface area (Å²) in [6.07, 6.45) is 0.812. The van der Waals surface area contributed by atoms with Gasteiger partial charge in [-0.25, -0.2) is 0 Å². The third kappa shape index (κ3) is 3.30. The zero-order chi connectivity index (χ0) is 10.9. The Hall–Kier alpha value is -0.0400. The number of rotatable bonds is 3. The number of hydrogen-bond acceptors (Lipinski definition) is 1. The van der Waals surface area contributed by atoms with Crippen LogP contribution in [0.15, 0.2) is 0 Å². The fourth-order valence-corrected chi connectivity index (χ4v) is 1.36. The second kappa shape index (κ2) is 4.00. The molecule has 2 atom stereocenters. The summed E-state index contributed by atoms with van der Waals surface area (Å²) < 4.78 is 0. The monoisotopic (exact) mass is 186 g/mol. The van der Waals surface area contributed by atoms with Crippen LogP contribution in [0.2, 0.25) is 0 Å². The van der Waals surface area contributed by atoms with E-state index in [2.05, 4.69) is 48.5 Å². The first-order valence-corrected chi connectivity index (χ1v) is 5.31. The standard InChI is InChI=1S/C12H26O/c1-8-12(6,7)10(13)9(2)11(3,4)5/h9-10,13H,8H2,1-7H3. The van der Waals surface area contributed by atoms with Gasteiger partial charge in [-0.3, -0.25) is 0 Å². The van der Waals surface area contributed by atoms with E-state index < -0.39 is 0 Å². The molecule has 0 radical (unpaired) electrons. The van der Waals surface area contributed by atoms with Crippen LogP contribution in [0.3, 0.4) is 0 Å². The van der Waals surface area contributed by atoms with Gasteiger partial charge in [0.05, 0.1) is 6.10 Å². The maximum absolute atomic E-state index is 10.2. The molecule has 0 aliphatic heterocycles.